The summed E-state index contributed by atoms with van der Waals surface area (Å²) in [4.78, 5) is 32.8. The van der Waals surface area contributed by atoms with Crippen LogP contribution in [0.1, 0.15) is 29.6 Å². The molecule has 1 aromatic carbocycles. The fourth-order valence-corrected chi connectivity index (χ4v) is 4.04. The van der Waals surface area contributed by atoms with E-state index >= 15 is 0 Å². The number of carbonyl (C=O) groups excluding carboxylic acids is 2. The van der Waals surface area contributed by atoms with Gasteiger partial charge in [-0.05, 0) is 37.1 Å². The molecular weight excluding hydrogens is 333 g/mol. The Bertz CT molecular complexity index is 833. The van der Waals surface area contributed by atoms with Crippen molar-refractivity contribution >= 4 is 22.7 Å². The minimum Gasteiger partial charge on any atom is -0.339 e. The number of nitrogens with zero attached hydrogens (tertiary/aromatic N) is 3. The van der Waals surface area contributed by atoms with E-state index in [9.17, 15) is 14.0 Å². The number of amides is 2. The van der Waals surface area contributed by atoms with Crippen LogP contribution in [-0.2, 0) is 4.79 Å². The van der Waals surface area contributed by atoms with E-state index in [1.807, 2.05) is 40.1 Å². The monoisotopic (exact) mass is 355 g/mol. The van der Waals surface area contributed by atoms with Gasteiger partial charge < -0.3 is 9.80 Å². The fourth-order valence-electron chi connectivity index (χ4n) is 4.04. The van der Waals surface area contributed by atoms with Crippen LogP contribution in [0.3, 0.4) is 0 Å². The molecule has 1 aromatic heterocycles. The van der Waals surface area contributed by atoms with E-state index in [-0.39, 0.29) is 23.8 Å². The average molecular weight is 355 g/mol. The summed E-state index contributed by atoms with van der Waals surface area (Å²) < 4.78 is 12.8. The van der Waals surface area contributed by atoms with Gasteiger partial charge in [-0.2, -0.15) is 0 Å². The number of aromatic nitrogens is 1. The largest absolute Gasteiger partial charge is 0.339 e. The van der Waals surface area contributed by atoms with Crippen molar-refractivity contribution in [1.82, 2.24) is 14.8 Å². The Balaban J connectivity index is 1.41. The topological polar surface area (TPSA) is 53.5 Å². The number of hydrogen-bond donors (Lipinski definition) is 0. The molecule has 2 fully saturated rings. The third kappa shape index (κ3) is 3.16. The van der Waals surface area contributed by atoms with E-state index in [1.165, 1.54) is 0 Å². The van der Waals surface area contributed by atoms with Gasteiger partial charge in [0.25, 0.3) is 5.91 Å². The van der Waals surface area contributed by atoms with Crippen molar-refractivity contribution in [3.8, 4) is 0 Å². The molecule has 4 rings (SSSR count). The van der Waals surface area contributed by atoms with Crippen LogP contribution in [0.5, 0.6) is 0 Å². The van der Waals surface area contributed by atoms with Crippen molar-refractivity contribution in [2.24, 2.45) is 5.92 Å². The first-order valence-corrected chi connectivity index (χ1v) is 9.15. The Kier molecular flexibility index (Phi) is 4.57. The number of pyridine rings is 1. The van der Waals surface area contributed by atoms with Crippen molar-refractivity contribution in [1.29, 1.82) is 0 Å². The van der Waals surface area contributed by atoms with E-state index in [2.05, 4.69) is 4.98 Å². The summed E-state index contributed by atoms with van der Waals surface area (Å²) in [5, 5.41) is 0.952. The summed E-state index contributed by atoms with van der Waals surface area (Å²) in [6.45, 7) is 1.33. The van der Waals surface area contributed by atoms with Crippen molar-refractivity contribution < 1.29 is 14.0 Å². The van der Waals surface area contributed by atoms with Crippen LogP contribution in [-0.4, -0.2) is 58.9 Å². The van der Waals surface area contributed by atoms with Gasteiger partial charge in [-0.3, -0.25) is 19.0 Å². The summed E-state index contributed by atoms with van der Waals surface area (Å²) in [5.41, 5.74) is 1.54. The number of alkyl halides is 1. The summed E-state index contributed by atoms with van der Waals surface area (Å²) in [6, 6.07) is 9.51. The van der Waals surface area contributed by atoms with Crippen LogP contribution in [0, 0.1) is 5.92 Å². The standard InChI is InChI=1S/C20H22FN3O2/c21-12-14-10-19(25)24(13-14)17-5-8-23(9-6-17)20(26)16-3-4-18-15(11-16)2-1-7-22-18/h1-4,7,11,14,17H,5-6,8-10,12-13H2. The normalized spacial score (nSPS) is 21.6. The smallest absolute Gasteiger partial charge is 0.253 e. The highest BCUT2D eigenvalue weighted by molar-refractivity contribution is 5.98. The lowest BCUT2D eigenvalue weighted by Crippen LogP contribution is -2.47. The quantitative estimate of drug-likeness (QED) is 0.851. The molecule has 2 aliphatic rings. The molecule has 3 heterocycles. The van der Waals surface area contributed by atoms with Crippen molar-refractivity contribution in [2.45, 2.75) is 25.3 Å². The van der Waals surface area contributed by atoms with Crippen LogP contribution in [0.4, 0.5) is 4.39 Å². The van der Waals surface area contributed by atoms with Gasteiger partial charge in [-0.25, -0.2) is 0 Å². The molecule has 2 saturated heterocycles. The predicted molar refractivity (Wildman–Crippen MR) is 96.5 cm³/mol. The number of piperidine rings is 1. The molecule has 0 bridgehead atoms. The van der Waals surface area contributed by atoms with E-state index < -0.39 is 6.67 Å². The van der Waals surface area contributed by atoms with Crippen molar-refractivity contribution in [3.63, 3.8) is 0 Å². The van der Waals surface area contributed by atoms with Gasteiger partial charge in [0.15, 0.2) is 0 Å². The SMILES string of the molecule is O=C(c1ccc2ncccc2c1)N1CCC(N2CC(CF)CC2=O)CC1. The Morgan fingerprint density at radius 3 is 2.77 bits per heavy atom. The number of likely N-dealkylation sites (tertiary alicyclic amines) is 2. The molecule has 2 aromatic rings. The molecule has 6 heteroatoms. The van der Waals surface area contributed by atoms with Gasteiger partial charge in [-0.15, -0.1) is 0 Å². The number of fused-ring (bicyclic) bond motifs is 1. The number of benzene rings is 1. The third-order valence-electron chi connectivity index (χ3n) is 5.50. The number of halogens is 1. The first kappa shape index (κ1) is 16.9. The summed E-state index contributed by atoms with van der Waals surface area (Å²) >= 11 is 0. The van der Waals surface area contributed by atoms with Crippen molar-refractivity contribution in [3.05, 3.63) is 42.1 Å². The Morgan fingerprint density at radius 1 is 1.23 bits per heavy atom. The molecule has 2 aliphatic heterocycles. The zero-order valence-electron chi connectivity index (χ0n) is 14.6. The average Bonchev–Trinajstić information content (AvgIpc) is 3.08. The highest BCUT2D eigenvalue weighted by atomic mass is 19.1. The lowest BCUT2D eigenvalue weighted by Gasteiger charge is -2.37. The molecule has 1 atom stereocenters. The fraction of sp³-hybridized carbons (Fsp3) is 0.450. The maximum Gasteiger partial charge on any atom is 0.253 e. The predicted octanol–water partition coefficient (Wildman–Crippen LogP) is 2.66. The van der Waals surface area contributed by atoms with Crippen molar-refractivity contribution in [2.75, 3.05) is 26.3 Å². The minimum atomic E-state index is -0.434. The van der Waals surface area contributed by atoms with Crippen LogP contribution in [0.2, 0.25) is 0 Å². The second kappa shape index (κ2) is 7.02. The molecule has 5 nitrogen and oxygen atoms in total. The van der Waals surface area contributed by atoms with E-state index in [0.717, 1.165) is 23.7 Å². The molecule has 1 unspecified atom stereocenters. The molecule has 0 aliphatic carbocycles. The lowest BCUT2D eigenvalue weighted by molar-refractivity contribution is -0.130. The summed E-state index contributed by atoms with van der Waals surface area (Å²) in [7, 11) is 0. The Labute approximate surface area is 151 Å². The number of carbonyl (C=O) groups is 2. The maximum atomic E-state index is 12.8. The zero-order valence-corrected chi connectivity index (χ0v) is 14.6. The molecule has 0 radical (unpaired) electrons. The summed E-state index contributed by atoms with van der Waals surface area (Å²) in [6.07, 6.45) is 3.57. The third-order valence-corrected chi connectivity index (χ3v) is 5.50. The van der Waals surface area contributed by atoms with Crippen LogP contribution in [0.15, 0.2) is 36.5 Å². The number of rotatable bonds is 3. The van der Waals surface area contributed by atoms with Crippen LogP contribution < -0.4 is 0 Å². The van der Waals surface area contributed by atoms with Gasteiger partial charge in [0, 0.05) is 55.2 Å². The van der Waals surface area contributed by atoms with Crippen LogP contribution >= 0.6 is 0 Å². The zero-order chi connectivity index (χ0) is 18.1. The Hall–Kier alpha value is -2.50. The highest BCUT2D eigenvalue weighted by Gasteiger charge is 2.36. The highest BCUT2D eigenvalue weighted by Crippen LogP contribution is 2.26. The molecule has 2 amide bonds. The second-order valence-corrected chi connectivity index (χ2v) is 7.20. The first-order valence-electron chi connectivity index (χ1n) is 9.15. The minimum absolute atomic E-state index is 0.0172. The second-order valence-electron chi connectivity index (χ2n) is 7.20. The molecule has 0 saturated carbocycles. The Morgan fingerprint density at radius 2 is 2.04 bits per heavy atom. The molecular formula is C20H22FN3O2. The van der Waals surface area contributed by atoms with Gasteiger partial charge >= 0.3 is 0 Å². The van der Waals surface area contributed by atoms with Gasteiger partial charge in [0.2, 0.25) is 5.91 Å². The molecule has 0 spiro atoms. The van der Waals surface area contributed by atoms with Gasteiger partial charge in [0.05, 0.1) is 12.2 Å². The molecule has 0 N–H and O–H groups in total. The van der Waals surface area contributed by atoms with Crippen LogP contribution in [0.25, 0.3) is 10.9 Å². The van der Waals surface area contributed by atoms with E-state index in [4.69, 9.17) is 0 Å². The summed E-state index contributed by atoms with van der Waals surface area (Å²) in [5.74, 6) is -0.0867. The van der Waals surface area contributed by atoms with Gasteiger partial charge in [0.1, 0.15) is 0 Å². The van der Waals surface area contributed by atoms with Gasteiger partial charge in [-0.1, -0.05) is 6.07 Å². The maximum absolute atomic E-state index is 12.8. The first-order chi connectivity index (χ1) is 12.7. The van der Waals surface area contributed by atoms with E-state index in [0.29, 0.717) is 31.6 Å². The molecule has 26 heavy (non-hydrogen) atoms. The molecule has 136 valence electrons. The lowest BCUT2D eigenvalue weighted by atomic mass is 10.0. The van der Waals surface area contributed by atoms with E-state index in [1.54, 1.807) is 6.20 Å². The number of hydrogen-bond acceptors (Lipinski definition) is 3.